The molecule has 5 heteroatoms. The molecular formula is C8H15N3O2. The van der Waals surface area contributed by atoms with Gasteiger partial charge in [0, 0.05) is 13.1 Å². The standard InChI is InChI=1S/C8H15N3O2/c1-4-10-7(13-6-3)9-11(5-2)8(10)12/h4-6H2,1-3H3. The highest BCUT2D eigenvalue weighted by Gasteiger charge is 2.10. The van der Waals surface area contributed by atoms with Crippen molar-refractivity contribution in [2.75, 3.05) is 6.61 Å². The van der Waals surface area contributed by atoms with Gasteiger partial charge in [0.2, 0.25) is 0 Å². The zero-order valence-electron chi connectivity index (χ0n) is 8.28. The van der Waals surface area contributed by atoms with Gasteiger partial charge in [0.05, 0.1) is 6.61 Å². The first-order chi connectivity index (χ1) is 6.24. The van der Waals surface area contributed by atoms with Crippen LogP contribution < -0.4 is 10.4 Å². The van der Waals surface area contributed by atoms with E-state index in [9.17, 15) is 4.79 Å². The Kier molecular flexibility index (Phi) is 3.11. The molecule has 0 aliphatic rings. The summed E-state index contributed by atoms with van der Waals surface area (Å²) < 4.78 is 8.14. The summed E-state index contributed by atoms with van der Waals surface area (Å²) in [5, 5.41) is 4.03. The maximum atomic E-state index is 11.5. The molecule has 0 aliphatic carbocycles. The molecule has 1 heterocycles. The maximum absolute atomic E-state index is 11.5. The number of hydrogen-bond donors (Lipinski definition) is 0. The van der Waals surface area contributed by atoms with Crippen LogP contribution in [0.4, 0.5) is 0 Å². The van der Waals surface area contributed by atoms with Crippen LogP contribution in [-0.4, -0.2) is 21.0 Å². The summed E-state index contributed by atoms with van der Waals surface area (Å²) in [7, 11) is 0. The SMILES string of the molecule is CCOc1nn(CC)c(=O)n1CC. The molecule has 0 saturated carbocycles. The number of rotatable bonds is 4. The predicted molar refractivity (Wildman–Crippen MR) is 49.0 cm³/mol. The van der Waals surface area contributed by atoms with Gasteiger partial charge in [0.25, 0.3) is 0 Å². The summed E-state index contributed by atoms with van der Waals surface area (Å²) >= 11 is 0. The van der Waals surface area contributed by atoms with E-state index < -0.39 is 0 Å². The highest BCUT2D eigenvalue weighted by atomic mass is 16.5. The van der Waals surface area contributed by atoms with Crippen molar-refractivity contribution in [2.45, 2.75) is 33.9 Å². The fourth-order valence-corrected chi connectivity index (χ4v) is 1.13. The molecule has 0 radical (unpaired) electrons. The molecule has 1 rings (SSSR count). The molecule has 0 spiro atoms. The Morgan fingerprint density at radius 2 is 2.00 bits per heavy atom. The first-order valence-electron chi connectivity index (χ1n) is 4.55. The maximum Gasteiger partial charge on any atom is 0.348 e. The Morgan fingerprint density at radius 1 is 1.31 bits per heavy atom. The van der Waals surface area contributed by atoms with Gasteiger partial charge in [-0.2, -0.15) is 0 Å². The lowest BCUT2D eigenvalue weighted by molar-refractivity contribution is 0.294. The Morgan fingerprint density at radius 3 is 2.46 bits per heavy atom. The molecule has 0 unspecified atom stereocenters. The van der Waals surface area contributed by atoms with E-state index in [1.807, 2.05) is 20.8 Å². The van der Waals surface area contributed by atoms with Gasteiger partial charge in [0.15, 0.2) is 0 Å². The molecule has 1 aromatic rings. The van der Waals surface area contributed by atoms with E-state index in [0.717, 1.165) is 0 Å². The Balaban J connectivity index is 3.12. The second-order valence-electron chi connectivity index (χ2n) is 2.56. The zero-order chi connectivity index (χ0) is 9.84. The lowest BCUT2D eigenvalue weighted by Gasteiger charge is -2.00. The first kappa shape index (κ1) is 9.83. The number of nitrogens with zero attached hydrogens (tertiary/aromatic N) is 3. The summed E-state index contributed by atoms with van der Waals surface area (Å²) in [6.07, 6.45) is 0. The minimum atomic E-state index is -0.103. The number of aryl methyl sites for hydroxylation is 1. The van der Waals surface area contributed by atoms with Gasteiger partial charge in [-0.25, -0.2) is 14.0 Å². The Labute approximate surface area is 76.9 Å². The van der Waals surface area contributed by atoms with Crippen LogP contribution in [0.5, 0.6) is 6.01 Å². The van der Waals surface area contributed by atoms with E-state index in [-0.39, 0.29) is 5.69 Å². The van der Waals surface area contributed by atoms with Crippen LogP contribution in [0.3, 0.4) is 0 Å². The normalized spacial score (nSPS) is 10.4. The zero-order valence-corrected chi connectivity index (χ0v) is 8.28. The fourth-order valence-electron chi connectivity index (χ4n) is 1.13. The number of hydrogen-bond acceptors (Lipinski definition) is 3. The van der Waals surface area contributed by atoms with E-state index in [2.05, 4.69) is 5.10 Å². The van der Waals surface area contributed by atoms with Gasteiger partial charge >= 0.3 is 11.7 Å². The second-order valence-corrected chi connectivity index (χ2v) is 2.56. The molecule has 0 bridgehead atoms. The van der Waals surface area contributed by atoms with E-state index in [0.29, 0.717) is 25.7 Å². The van der Waals surface area contributed by atoms with E-state index in [1.165, 1.54) is 9.25 Å². The van der Waals surface area contributed by atoms with Crippen LogP contribution >= 0.6 is 0 Å². The van der Waals surface area contributed by atoms with Crippen LogP contribution in [0.1, 0.15) is 20.8 Å². The van der Waals surface area contributed by atoms with Gasteiger partial charge in [-0.1, -0.05) is 0 Å². The van der Waals surface area contributed by atoms with Gasteiger partial charge in [-0.3, -0.25) is 0 Å². The molecule has 0 aliphatic heterocycles. The van der Waals surface area contributed by atoms with Crippen LogP contribution in [-0.2, 0) is 13.1 Å². The van der Waals surface area contributed by atoms with Crippen molar-refractivity contribution < 1.29 is 4.74 Å². The summed E-state index contributed by atoms with van der Waals surface area (Å²) in [4.78, 5) is 11.5. The van der Waals surface area contributed by atoms with Crippen molar-refractivity contribution in [3.05, 3.63) is 10.5 Å². The largest absolute Gasteiger partial charge is 0.464 e. The van der Waals surface area contributed by atoms with Crippen molar-refractivity contribution in [1.29, 1.82) is 0 Å². The minimum Gasteiger partial charge on any atom is -0.464 e. The molecular weight excluding hydrogens is 170 g/mol. The van der Waals surface area contributed by atoms with Gasteiger partial charge < -0.3 is 4.74 Å². The topological polar surface area (TPSA) is 49.1 Å². The number of aromatic nitrogens is 3. The molecule has 13 heavy (non-hydrogen) atoms. The van der Waals surface area contributed by atoms with E-state index in [1.54, 1.807) is 0 Å². The third kappa shape index (κ3) is 1.74. The fraction of sp³-hybridized carbons (Fsp3) is 0.750. The van der Waals surface area contributed by atoms with Crippen molar-refractivity contribution in [2.24, 2.45) is 0 Å². The molecule has 0 N–H and O–H groups in total. The van der Waals surface area contributed by atoms with Crippen LogP contribution in [0.25, 0.3) is 0 Å². The van der Waals surface area contributed by atoms with E-state index in [4.69, 9.17) is 4.74 Å². The minimum absolute atomic E-state index is 0.103. The monoisotopic (exact) mass is 185 g/mol. The lowest BCUT2D eigenvalue weighted by atomic mass is 10.7. The average molecular weight is 185 g/mol. The number of ether oxygens (including phenoxy) is 1. The van der Waals surface area contributed by atoms with Gasteiger partial charge in [-0.15, -0.1) is 5.10 Å². The van der Waals surface area contributed by atoms with E-state index >= 15 is 0 Å². The summed E-state index contributed by atoms with van der Waals surface area (Å²) in [6, 6.07) is 0.414. The summed E-state index contributed by atoms with van der Waals surface area (Å²) in [5.41, 5.74) is -0.103. The van der Waals surface area contributed by atoms with Crippen molar-refractivity contribution in [3.63, 3.8) is 0 Å². The van der Waals surface area contributed by atoms with Crippen molar-refractivity contribution >= 4 is 0 Å². The molecule has 1 aromatic heterocycles. The second kappa shape index (κ2) is 4.11. The first-order valence-corrected chi connectivity index (χ1v) is 4.55. The predicted octanol–water partition coefficient (Wildman–Crippen LogP) is 0.483. The summed E-state index contributed by atoms with van der Waals surface area (Å²) in [5.74, 6) is 0. The van der Waals surface area contributed by atoms with Crippen molar-refractivity contribution in [3.8, 4) is 6.01 Å². The highest BCUT2D eigenvalue weighted by Crippen LogP contribution is 2.02. The van der Waals surface area contributed by atoms with Crippen LogP contribution in [0, 0.1) is 0 Å². The average Bonchev–Trinajstić information content (AvgIpc) is 2.43. The van der Waals surface area contributed by atoms with Gasteiger partial charge in [-0.05, 0) is 20.8 Å². The molecule has 0 aromatic carbocycles. The van der Waals surface area contributed by atoms with Crippen molar-refractivity contribution in [1.82, 2.24) is 14.3 Å². The molecule has 0 atom stereocenters. The smallest absolute Gasteiger partial charge is 0.348 e. The highest BCUT2D eigenvalue weighted by molar-refractivity contribution is 4.93. The molecule has 5 nitrogen and oxygen atoms in total. The molecule has 74 valence electrons. The Hall–Kier alpha value is -1.26. The third-order valence-electron chi connectivity index (χ3n) is 1.78. The molecule has 0 saturated heterocycles. The third-order valence-corrected chi connectivity index (χ3v) is 1.78. The quantitative estimate of drug-likeness (QED) is 0.685. The Bertz CT molecular complexity index is 327. The molecule has 0 fully saturated rings. The van der Waals surface area contributed by atoms with Gasteiger partial charge in [0.1, 0.15) is 0 Å². The lowest BCUT2D eigenvalue weighted by Crippen LogP contribution is -2.23. The summed E-state index contributed by atoms with van der Waals surface area (Å²) in [6.45, 7) is 7.34. The molecule has 0 amide bonds. The van der Waals surface area contributed by atoms with Crippen LogP contribution in [0.15, 0.2) is 4.79 Å². The van der Waals surface area contributed by atoms with Crippen LogP contribution in [0.2, 0.25) is 0 Å².